The van der Waals surface area contributed by atoms with Gasteiger partial charge in [0.1, 0.15) is 0 Å². The minimum atomic E-state index is -3.99. The first-order valence-electron chi connectivity index (χ1n) is 8.87. The Kier molecular flexibility index (Phi) is 6.27. The highest BCUT2D eigenvalue weighted by Gasteiger charge is 2.20. The van der Waals surface area contributed by atoms with Crippen molar-refractivity contribution in [2.45, 2.75) is 17.9 Å². The van der Waals surface area contributed by atoms with Gasteiger partial charge in [-0.2, -0.15) is 5.10 Å². The van der Waals surface area contributed by atoms with Crippen LogP contribution in [0.1, 0.15) is 16.8 Å². The van der Waals surface area contributed by atoms with Gasteiger partial charge in [0.15, 0.2) is 5.84 Å². The molecule has 0 fully saturated rings. The first-order chi connectivity index (χ1) is 13.9. The Balaban J connectivity index is 1.79. The van der Waals surface area contributed by atoms with E-state index in [4.69, 9.17) is 16.7 Å². The molecule has 0 saturated carbocycles. The van der Waals surface area contributed by atoms with E-state index >= 15 is 0 Å². The van der Waals surface area contributed by atoms with Gasteiger partial charge >= 0.3 is 0 Å². The molecule has 0 radical (unpaired) electrons. The standard InChI is InChI=1S/C19H23N7O2S/c20-19(26-21)18-16(2-1-3-17(18)29(22,27)28)14-6-4-13(5-7-14)10-23-9-8-15-11-24-12-25-15/h1-7,11-12,23H,8-10,21H2,(H2,20,26)(H,24,25)(H2,22,27,28). The summed E-state index contributed by atoms with van der Waals surface area (Å²) in [6.07, 6.45) is 4.33. The molecule has 0 aliphatic carbocycles. The molecule has 2 aromatic carbocycles. The number of hydrogen-bond acceptors (Lipinski definition) is 6. The number of aromatic amines is 1. The van der Waals surface area contributed by atoms with Gasteiger partial charge in [0.2, 0.25) is 10.0 Å². The SMILES string of the molecule is N/N=C(\N)c1c(-c2ccc(CNCCc3cnc[nH]3)cc2)cccc1S(N)(=O)=O. The van der Waals surface area contributed by atoms with Crippen molar-refractivity contribution < 1.29 is 8.42 Å². The average Bonchev–Trinajstić information content (AvgIpc) is 3.23. The zero-order valence-electron chi connectivity index (χ0n) is 15.7. The molecule has 29 heavy (non-hydrogen) atoms. The lowest BCUT2D eigenvalue weighted by Gasteiger charge is -2.13. The Hall–Kier alpha value is -3.21. The van der Waals surface area contributed by atoms with Crippen LogP contribution in [-0.4, -0.2) is 30.8 Å². The Morgan fingerprint density at radius 2 is 1.93 bits per heavy atom. The first-order valence-corrected chi connectivity index (χ1v) is 10.4. The summed E-state index contributed by atoms with van der Waals surface area (Å²) in [5, 5.41) is 12.2. The summed E-state index contributed by atoms with van der Waals surface area (Å²) in [6, 6.07) is 12.4. The van der Waals surface area contributed by atoms with Gasteiger partial charge < -0.3 is 21.9 Å². The number of hydrazone groups is 1. The Morgan fingerprint density at radius 1 is 1.17 bits per heavy atom. The lowest BCUT2D eigenvalue weighted by Crippen LogP contribution is -2.23. The molecule has 152 valence electrons. The first kappa shape index (κ1) is 20.5. The molecule has 9 nitrogen and oxygen atoms in total. The molecule has 0 saturated heterocycles. The molecule has 0 amide bonds. The van der Waals surface area contributed by atoms with Crippen LogP contribution in [0.2, 0.25) is 0 Å². The summed E-state index contributed by atoms with van der Waals surface area (Å²) in [4.78, 5) is 6.94. The summed E-state index contributed by atoms with van der Waals surface area (Å²) in [6.45, 7) is 1.51. The van der Waals surface area contributed by atoms with Crippen molar-refractivity contribution in [1.29, 1.82) is 0 Å². The van der Waals surface area contributed by atoms with E-state index < -0.39 is 10.0 Å². The minimum absolute atomic E-state index is 0.103. The van der Waals surface area contributed by atoms with E-state index in [1.807, 2.05) is 24.3 Å². The molecule has 1 heterocycles. The second-order valence-corrected chi connectivity index (χ2v) is 7.97. The van der Waals surface area contributed by atoms with Crippen molar-refractivity contribution in [3.63, 3.8) is 0 Å². The quantitative estimate of drug-likeness (QED) is 0.119. The Morgan fingerprint density at radius 3 is 2.55 bits per heavy atom. The van der Waals surface area contributed by atoms with Crippen LogP contribution in [0.25, 0.3) is 11.1 Å². The van der Waals surface area contributed by atoms with Crippen LogP contribution >= 0.6 is 0 Å². The minimum Gasteiger partial charge on any atom is -0.382 e. The second-order valence-electron chi connectivity index (χ2n) is 6.44. The zero-order chi connectivity index (χ0) is 20.9. The van der Waals surface area contributed by atoms with Gasteiger partial charge in [-0.15, -0.1) is 0 Å². The molecule has 3 aromatic rings. The van der Waals surface area contributed by atoms with E-state index in [-0.39, 0.29) is 16.3 Å². The third-order valence-corrected chi connectivity index (χ3v) is 5.40. The smallest absolute Gasteiger partial charge is 0.238 e. The fourth-order valence-electron chi connectivity index (χ4n) is 3.02. The van der Waals surface area contributed by atoms with Crippen LogP contribution in [0.3, 0.4) is 0 Å². The zero-order valence-corrected chi connectivity index (χ0v) is 16.5. The summed E-state index contributed by atoms with van der Waals surface area (Å²) in [7, 11) is -3.99. The molecule has 0 atom stereocenters. The Bertz CT molecular complexity index is 1090. The third-order valence-electron chi connectivity index (χ3n) is 4.45. The fraction of sp³-hybridized carbons (Fsp3) is 0.158. The van der Waals surface area contributed by atoms with E-state index in [1.54, 1.807) is 24.7 Å². The lowest BCUT2D eigenvalue weighted by atomic mass is 9.98. The van der Waals surface area contributed by atoms with E-state index in [2.05, 4.69) is 20.4 Å². The molecule has 3 rings (SSSR count). The van der Waals surface area contributed by atoms with Gasteiger partial charge in [-0.25, -0.2) is 18.5 Å². The van der Waals surface area contributed by atoms with Gasteiger partial charge in [-0.3, -0.25) is 0 Å². The van der Waals surface area contributed by atoms with Crippen LogP contribution < -0.4 is 22.0 Å². The largest absolute Gasteiger partial charge is 0.382 e. The number of primary sulfonamides is 1. The topological polar surface area (TPSA) is 165 Å². The Labute approximate surface area is 169 Å². The number of imidazole rings is 1. The maximum atomic E-state index is 12.0. The maximum Gasteiger partial charge on any atom is 0.238 e. The summed E-state index contributed by atoms with van der Waals surface area (Å²) in [5.74, 6) is 5.20. The normalized spacial score (nSPS) is 12.2. The molecular weight excluding hydrogens is 390 g/mol. The third kappa shape index (κ3) is 4.99. The number of nitrogens with one attached hydrogen (secondary N) is 2. The van der Waals surface area contributed by atoms with Gasteiger partial charge in [-0.1, -0.05) is 36.4 Å². The van der Waals surface area contributed by atoms with E-state index in [1.165, 1.54) is 6.07 Å². The predicted molar refractivity (Wildman–Crippen MR) is 112 cm³/mol. The van der Waals surface area contributed by atoms with Gasteiger partial charge in [0, 0.05) is 37.0 Å². The number of aromatic nitrogens is 2. The van der Waals surface area contributed by atoms with Gasteiger partial charge in [0.05, 0.1) is 11.2 Å². The molecule has 0 unspecified atom stereocenters. The number of H-pyrrole nitrogens is 1. The molecule has 1 aromatic heterocycles. The molecular formula is C19H23N7O2S. The fourth-order valence-corrected chi connectivity index (χ4v) is 3.78. The van der Waals surface area contributed by atoms with Crippen LogP contribution in [0.4, 0.5) is 0 Å². The van der Waals surface area contributed by atoms with Gasteiger partial charge in [-0.05, 0) is 22.8 Å². The van der Waals surface area contributed by atoms with Crippen molar-refractivity contribution in [2.24, 2.45) is 21.8 Å². The highest BCUT2D eigenvalue weighted by molar-refractivity contribution is 7.89. The molecule has 0 bridgehead atoms. The maximum absolute atomic E-state index is 12.0. The van der Waals surface area contributed by atoms with Crippen molar-refractivity contribution in [3.8, 4) is 11.1 Å². The second kappa shape index (κ2) is 8.86. The summed E-state index contributed by atoms with van der Waals surface area (Å²) >= 11 is 0. The number of hydrogen-bond donors (Lipinski definition) is 5. The average molecular weight is 414 g/mol. The summed E-state index contributed by atoms with van der Waals surface area (Å²) in [5.41, 5.74) is 9.59. The lowest BCUT2D eigenvalue weighted by molar-refractivity contribution is 0.597. The van der Waals surface area contributed by atoms with Crippen molar-refractivity contribution >= 4 is 15.9 Å². The number of rotatable bonds is 8. The molecule has 0 aliphatic rings. The van der Waals surface area contributed by atoms with Crippen molar-refractivity contribution in [1.82, 2.24) is 15.3 Å². The number of nitrogens with two attached hydrogens (primary N) is 3. The van der Waals surface area contributed by atoms with Crippen molar-refractivity contribution in [2.75, 3.05) is 6.54 Å². The predicted octanol–water partition coefficient (Wildman–Crippen LogP) is 0.635. The van der Waals surface area contributed by atoms with E-state index in [0.717, 1.165) is 29.8 Å². The molecule has 10 heteroatoms. The molecule has 0 aliphatic heterocycles. The number of nitrogens with zero attached hydrogens (tertiary/aromatic N) is 2. The molecule has 8 N–H and O–H groups in total. The van der Waals surface area contributed by atoms with E-state index in [0.29, 0.717) is 12.1 Å². The van der Waals surface area contributed by atoms with Crippen LogP contribution in [-0.2, 0) is 23.0 Å². The van der Waals surface area contributed by atoms with Crippen molar-refractivity contribution in [3.05, 3.63) is 71.8 Å². The molecule has 0 spiro atoms. The van der Waals surface area contributed by atoms with Crippen LogP contribution in [0, 0.1) is 0 Å². The number of amidine groups is 1. The monoisotopic (exact) mass is 413 g/mol. The highest BCUT2D eigenvalue weighted by Crippen LogP contribution is 2.28. The van der Waals surface area contributed by atoms with Crippen LogP contribution in [0.5, 0.6) is 0 Å². The number of sulfonamides is 1. The van der Waals surface area contributed by atoms with E-state index in [9.17, 15) is 8.42 Å². The van der Waals surface area contributed by atoms with Crippen LogP contribution in [0.15, 0.2) is 65.0 Å². The highest BCUT2D eigenvalue weighted by atomic mass is 32.2. The summed E-state index contributed by atoms with van der Waals surface area (Å²) < 4.78 is 23.9. The van der Waals surface area contributed by atoms with Gasteiger partial charge in [0.25, 0.3) is 0 Å². The number of benzene rings is 2.